The standard InChI is InChI=1S/C20H21N5O5S2/c1-5-25-16(12-7-6-8-21-9-12)23-24-20(25)31-10-13(26)22-17-14(18(27)29-3)11(2)15(32-17)19(28)30-4/h6-9H,5,10H2,1-4H3,(H,22,26). The molecule has 0 aliphatic carbocycles. The molecule has 3 rings (SSSR count). The van der Waals surface area contributed by atoms with Crippen molar-refractivity contribution in [1.29, 1.82) is 0 Å². The van der Waals surface area contributed by atoms with Crippen LogP contribution in [0, 0.1) is 6.92 Å². The largest absolute Gasteiger partial charge is 0.465 e. The summed E-state index contributed by atoms with van der Waals surface area (Å²) in [6.07, 6.45) is 3.38. The first-order valence-corrected chi connectivity index (χ1v) is 11.3. The van der Waals surface area contributed by atoms with E-state index in [0.717, 1.165) is 16.9 Å². The highest BCUT2D eigenvalue weighted by atomic mass is 32.2. The fourth-order valence-electron chi connectivity index (χ4n) is 2.92. The molecule has 0 aliphatic heterocycles. The molecule has 3 aromatic heterocycles. The number of carbonyl (C=O) groups is 3. The minimum absolute atomic E-state index is 0.0241. The fourth-order valence-corrected chi connectivity index (χ4v) is 4.85. The van der Waals surface area contributed by atoms with Gasteiger partial charge in [0.15, 0.2) is 11.0 Å². The van der Waals surface area contributed by atoms with Crippen LogP contribution in [-0.2, 0) is 20.8 Å². The lowest BCUT2D eigenvalue weighted by Crippen LogP contribution is -2.16. The van der Waals surface area contributed by atoms with Crippen molar-refractivity contribution in [3.63, 3.8) is 0 Å². The molecular weight excluding hydrogens is 454 g/mol. The van der Waals surface area contributed by atoms with E-state index >= 15 is 0 Å². The third-order valence-corrected chi connectivity index (χ3v) is 6.60. The van der Waals surface area contributed by atoms with Crippen LogP contribution in [-0.4, -0.2) is 57.6 Å². The van der Waals surface area contributed by atoms with Crippen LogP contribution < -0.4 is 5.32 Å². The highest BCUT2D eigenvalue weighted by Crippen LogP contribution is 2.34. The summed E-state index contributed by atoms with van der Waals surface area (Å²) in [6.45, 7) is 4.17. The lowest BCUT2D eigenvalue weighted by atomic mass is 10.1. The molecule has 12 heteroatoms. The van der Waals surface area contributed by atoms with Crippen LogP contribution in [0.2, 0.25) is 0 Å². The van der Waals surface area contributed by atoms with Crippen LogP contribution in [0.15, 0.2) is 29.7 Å². The number of rotatable bonds is 8. The van der Waals surface area contributed by atoms with E-state index in [2.05, 4.69) is 20.5 Å². The number of hydrogen-bond donors (Lipinski definition) is 1. The highest BCUT2D eigenvalue weighted by molar-refractivity contribution is 7.99. The second-order valence-electron chi connectivity index (χ2n) is 6.37. The van der Waals surface area contributed by atoms with E-state index in [1.165, 1.54) is 26.0 Å². The number of methoxy groups -OCH3 is 2. The number of esters is 2. The first-order chi connectivity index (χ1) is 15.4. The first-order valence-electron chi connectivity index (χ1n) is 9.47. The number of pyridine rings is 1. The Labute approximate surface area is 192 Å². The maximum atomic E-state index is 12.6. The van der Waals surface area contributed by atoms with Gasteiger partial charge in [0.2, 0.25) is 5.91 Å². The smallest absolute Gasteiger partial charge is 0.348 e. The number of carbonyl (C=O) groups excluding carboxylic acids is 3. The Morgan fingerprint density at radius 1 is 1.19 bits per heavy atom. The van der Waals surface area contributed by atoms with Gasteiger partial charge < -0.3 is 19.4 Å². The molecule has 1 amide bonds. The van der Waals surface area contributed by atoms with Gasteiger partial charge in [-0.25, -0.2) is 9.59 Å². The second kappa shape index (κ2) is 10.4. The Kier molecular flexibility index (Phi) is 7.59. The third kappa shape index (κ3) is 4.81. The van der Waals surface area contributed by atoms with Crippen molar-refractivity contribution in [2.45, 2.75) is 25.5 Å². The van der Waals surface area contributed by atoms with Crippen LogP contribution in [0.4, 0.5) is 5.00 Å². The van der Waals surface area contributed by atoms with Gasteiger partial charge in [-0.3, -0.25) is 9.78 Å². The summed E-state index contributed by atoms with van der Waals surface area (Å²) in [5, 5.41) is 11.9. The third-order valence-electron chi connectivity index (χ3n) is 4.45. The zero-order valence-electron chi connectivity index (χ0n) is 17.9. The predicted octanol–water partition coefficient (Wildman–Crippen LogP) is 3.03. The monoisotopic (exact) mass is 475 g/mol. The quantitative estimate of drug-likeness (QED) is 0.386. The van der Waals surface area contributed by atoms with Gasteiger partial charge in [0.25, 0.3) is 0 Å². The summed E-state index contributed by atoms with van der Waals surface area (Å²) < 4.78 is 11.4. The molecule has 0 saturated heterocycles. The molecule has 0 aromatic carbocycles. The number of amides is 1. The van der Waals surface area contributed by atoms with Crippen molar-refractivity contribution in [2.75, 3.05) is 25.3 Å². The number of hydrogen-bond acceptors (Lipinski definition) is 10. The lowest BCUT2D eigenvalue weighted by Gasteiger charge is -2.08. The molecule has 0 atom stereocenters. The fraction of sp³-hybridized carbons (Fsp3) is 0.300. The first kappa shape index (κ1) is 23.4. The summed E-state index contributed by atoms with van der Waals surface area (Å²) in [6, 6.07) is 3.70. The molecule has 168 valence electrons. The Morgan fingerprint density at radius 3 is 2.56 bits per heavy atom. The summed E-state index contributed by atoms with van der Waals surface area (Å²) in [5.41, 5.74) is 1.35. The second-order valence-corrected chi connectivity index (χ2v) is 8.34. The van der Waals surface area contributed by atoms with Gasteiger partial charge in [0, 0.05) is 24.5 Å². The number of aromatic nitrogens is 4. The Hall–Kier alpha value is -3.25. The van der Waals surface area contributed by atoms with Crippen molar-refractivity contribution < 1.29 is 23.9 Å². The zero-order chi connectivity index (χ0) is 23.3. The Balaban J connectivity index is 1.77. The molecule has 0 aliphatic rings. The van der Waals surface area contributed by atoms with Gasteiger partial charge in [-0.2, -0.15) is 0 Å². The highest BCUT2D eigenvalue weighted by Gasteiger charge is 2.27. The Bertz CT molecular complexity index is 1140. The topological polar surface area (TPSA) is 125 Å². The molecule has 0 unspecified atom stereocenters. The van der Waals surface area contributed by atoms with E-state index in [0.29, 0.717) is 23.1 Å². The van der Waals surface area contributed by atoms with E-state index in [4.69, 9.17) is 9.47 Å². The molecular formula is C20H21N5O5S2. The number of thioether (sulfide) groups is 1. The van der Waals surface area contributed by atoms with Crippen molar-refractivity contribution in [3.05, 3.63) is 40.5 Å². The molecule has 0 bridgehead atoms. The van der Waals surface area contributed by atoms with Crippen molar-refractivity contribution in [1.82, 2.24) is 19.7 Å². The number of nitrogens with zero attached hydrogens (tertiary/aromatic N) is 4. The minimum Gasteiger partial charge on any atom is -0.465 e. The molecule has 0 radical (unpaired) electrons. The van der Waals surface area contributed by atoms with Crippen LogP contribution in [0.3, 0.4) is 0 Å². The van der Waals surface area contributed by atoms with Crippen LogP contribution in [0.1, 0.15) is 32.5 Å². The zero-order valence-corrected chi connectivity index (χ0v) is 19.5. The number of ether oxygens (including phenoxy) is 2. The maximum absolute atomic E-state index is 12.6. The summed E-state index contributed by atoms with van der Waals surface area (Å²) >= 11 is 2.17. The normalized spacial score (nSPS) is 10.6. The number of anilines is 1. The van der Waals surface area contributed by atoms with Gasteiger partial charge in [-0.15, -0.1) is 21.5 Å². The summed E-state index contributed by atoms with van der Waals surface area (Å²) in [4.78, 5) is 41.2. The van der Waals surface area contributed by atoms with Gasteiger partial charge in [-0.05, 0) is 31.5 Å². The van der Waals surface area contributed by atoms with Gasteiger partial charge >= 0.3 is 11.9 Å². The molecule has 0 saturated carbocycles. The SMILES string of the molecule is CCn1c(SCC(=O)Nc2sc(C(=O)OC)c(C)c2C(=O)OC)nnc1-c1cccnc1. The van der Waals surface area contributed by atoms with E-state index < -0.39 is 11.9 Å². The maximum Gasteiger partial charge on any atom is 0.348 e. The number of thiophene rings is 1. The van der Waals surface area contributed by atoms with Crippen molar-refractivity contribution >= 4 is 45.9 Å². The summed E-state index contributed by atoms with van der Waals surface area (Å²) in [5.74, 6) is -0.925. The van der Waals surface area contributed by atoms with E-state index in [1.807, 2.05) is 23.6 Å². The molecule has 1 N–H and O–H groups in total. The minimum atomic E-state index is -0.649. The lowest BCUT2D eigenvalue weighted by molar-refractivity contribution is -0.113. The van der Waals surface area contributed by atoms with Crippen molar-refractivity contribution in [2.24, 2.45) is 0 Å². The molecule has 3 aromatic rings. The molecule has 10 nitrogen and oxygen atoms in total. The predicted molar refractivity (Wildman–Crippen MR) is 120 cm³/mol. The Morgan fingerprint density at radius 2 is 1.94 bits per heavy atom. The van der Waals surface area contributed by atoms with E-state index in [-0.39, 0.29) is 27.1 Å². The average molecular weight is 476 g/mol. The van der Waals surface area contributed by atoms with E-state index in [9.17, 15) is 14.4 Å². The van der Waals surface area contributed by atoms with Gasteiger partial charge in [0.05, 0.1) is 25.5 Å². The number of nitrogens with one attached hydrogen (secondary N) is 1. The molecule has 32 heavy (non-hydrogen) atoms. The van der Waals surface area contributed by atoms with Crippen LogP contribution in [0.25, 0.3) is 11.4 Å². The van der Waals surface area contributed by atoms with E-state index in [1.54, 1.807) is 19.3 Å². The average Bonchev–Trinajstić information content (AvgIpc) is 3.37. The molecule has 0 spiro atoms. The molecule has 0 fully saturated rings. The van der Waals surface area contributed by atoms with Crippen LogP contribution in [0.5, 0.6) is 0 Å². The van der Waals surface area contributed by atoms with Gasteiger partial charge in [0.1, 0.15) is 9.88 Å². The summed E-state index contributed by atoms with van der Waals surface area (Å²) in [7, 11) is 2.48. The van der Waals surface area contributed by atoms with Crippen LogP contribution >= 0.6 is 23.1 Å². The van der Waals surface area contributed by atoms with Gasteiger partial charge in [-0.1, -0.05) is 11.8 Å². The molecule has 3 heterocycles. The van der Waals surface area contributed by atoms with Crippen molar-refractivity contribution in [3.8, 4) is 11.4 Å².